The van der Waals surface area contributed by atoms with Crippen LogP contribution in [0.15, 0.2) is 66.7 Å². The number of nitrogens with one attached hydrogen (secondary N) is 1. The Hall–Kier alpha value is -3.75. The van der Waals surface area contributed by atoms with Gasteiger partial charge in [0.25, 0.3) is 0 Å². The fourth-order valence-electron chi connectivity index (χ4n) is 4.57. The highest BCUT2D eigenvalue weighted by molar-refractivity contribution is 6.30. The zero-order valence-electron chi connectivity index (χ0n) is 19.8. The number of carbonyl (C=O) groups is 2. The number of carboxylic acids is 1. The van der Waals surface area contributed by atoms with E-state index in [-0.39, 0.29) is 17.1 Å². The molecule has 3 N–H and O–H groups in total. The summed E-state index contributed by atoms with van der Waals surface area (Å²) in [7, 11) is 0. The van der Waals surface area contributed by atoms with Crippen molar-refractivity contribution < 1.29 is 19.8 Å². The Balaban J connectivity index is 1.50. The van der Waals surface area contributed by atoms with Crippen LogP contribution in [-0.2, 0) is 0 Å². The summed E-state index contributed by atoms with van der Waals surface area (Å²) in [5.74, 6) is 5.23. The van der Waals surface area contributed by atoms with Crippen LogP contribution < -0.4 is 5.32 Å². The number of aromatic carboxylic acids is 1. The molecule has 0 bridgehead atoms. The third kappa shape index (κ3) is 6.68. The fourth-order valence-corrected chi connectivity index (χ4v) is 4.70. The van der Waals surface area contributed by atoms with E-state index in [9.17, 15) is 14.7 Å². The molecule has 0 radical (unpaired) electrons. The molecule has 184 valence electrons. The number of Topliss-reactive ketones (excluding diaryl/α,β-unsaturated/α-hetero) is 1. The number of carbonyl (C=O) groups excluding carboxylic acids is 1. The van der Waals surface area contributed by atoms with Crippen molar-refractivity contribution in [1.29, 1.82) is 0 Å². The summed E-state index contributed by atoms with van der Waals surface area (Å²) in [6.07, 6.45) is 6.45. The van der Waals surface area contributed by atoms with Crippen molar-refractivity contribution in [2.45, 2.75) is 44.6 Å². The molecule has 36 heavy (non-hydrogen) atoms. The quantitative estimate of drug-likeness (QED) is 0.234. The van der Waals surface area contributed by atoms with Gasteiger partial charge in [0.1, 0.15) is 11.3 Å². The number of hydrogen-bond acceptors (Lipinski definition) is 4. The van der Waals surface area contributed by atoms with E-state index in [4.69, 9.17) is 16.7 Å². The van der Waals surface area contributed by atoms with Crippen molar-refractivity contribution in [3.05, 3.63) is 94.0 Å². The summed E-state index contributed by atoms with van der Waals surface area (Å²) in [6, 6.07) is 18.3. The molecule has 5 nitrogen and oxygen atoms in total. The molecule has 0 aliphatic heterocycles. The predicted molar refractivity (Wildman–Crippen MR) is 142 cm³/mol. The molecule has 1 aliphatic rings. The minimum absolute atomic E-state index is 0.0491. The maximum absolute atomic E-state index is 13.5. The summed E-state index contributed by atoms with van der Waals surface area (Å²) in [5, 5.41) is 23.1. The van der Waals surface area contributed by atoms with Crippen LogP contribution in [0.2, 0.25) is 5.02 Å². The lowest BCUT2D eigenvalue weighted by Gasteiger charge is -2.21. The smallest absolute Gasteiger partial charge is 0.339 e. The second-order valence-electron chi connectivity index (χ2n) is 9.16. The zero-order valence-corrected chi connectivity index (χ0v) is 20.6. The summed E-state index contributed by atoms with van der Waals surface area (Å²) >= 11 is 5.92. The summed E-state index contributed by atoms with van der Waals surface area (Å²) in [4.78, 5) is 24.7. The predicted octanol–water partition coefficient (Wildman–Crippen LogP) is 6.78. The fraction of sp³-hybridized carbons (Fsp3) is 0.267. The Labute approximate surface area is 216 Å². The van der Waals surface area contributed by atoms with Crippen molar-refractivity contribution in [1.82, 2.24) is 0 Å². The van der Waals surface area contributed by atoms with Crippen molar-refractivity contribution in [2.75, 3.05) is 5.32 Å². The number of hydrogen-bond donors (Lipinski definition) is 3. The van der Waals surface area contributed by atoms with Gasteiger partial charge in [-0.15, -0.1) is 0 Å². The third-order valence-electron chi connectivity index (χ3n) is 6.59. The van der Waals surface area contributed by atoms with Crippen molar-refractivity contribution in [2.24, 2.45) is 5.92 Å². The number of rotatable bonds is 8. The molecule has 0 amide bonds. The van der Waals surface area contributed by atoms with Crippen molar-refractivity contribution in [3.63, 3.8) is 0 Å². The topological polar surface area (TPSA) is 86.6 Å². The first-order valence-electron chi connectivity index (χ1n) is 12.1. The number of carboxylic acid groups (broad SMARTS) is 1. The lowest BCUT2D eigenvalue weighted by molar-refractivity contribution is 0.0693. The van der Waals surface area contributed by atoms with Gasteiger partial charge in [-0.2, -0.15) is 0 Å². The Morgan fingerprint density at radius 2 is 1.56 bits per heavy atom. The number of aromatic hydroxyl groups is 1. The molecule has 3 aromatic carbocycles. The third-order valence-corrected chi connectivity index (χ3v) is 6.84. The highest BCUT2D eigenvalue weighted by Gasteiger charge is 2.24. The first-order chi connectivity index (χ1) is 17.4. The molecule has 0 heterocycles. The van der Waals surface area contributed by atoms with Gasteiger partial charge >= 0.3 is 5.97 Å². The first kappa shape index (κ1) is 25.3. The molecule has 0 spiro atoms. The SMILES string of the molecule is O=C(O)c1ccc(NC(CCC2CCCC2)C(=O)c2ccc(C#Cc3ccc(Cl)cc3)cc2)cc1O. The molecule has 0 saturated heterocycles. The van der Waals surface area contributed by atoms with E-state index >= 15 is 0 Å². The number of ketones is 1. The Kier molecular flexibility index (Phi) is 8.30. The first-order valence-corrected chi connectivity index (χ1v) is 12.5. The Bertz CT molecular complexity index is 1280. The van der Waals surface area contributed by atoms with Crippen molar-refractivity contribution >= 4 is 29.0 Å². The lowest BCUT2D eigenvalue weighted by atomic mass is 9.93. The van der Waals surface area contributed by atoms with Gasteiger partial charge in [-0.25, -0.2) is 4.79 Å². The molecule has 0 aromatic heterocycles. The molecule has 4 rings (SSSR count). The van der Waals surface area contributed by atoms with Gasteiger partial charge in [0.2, 0.25) is 0 Å². The molecule has 1 saturated carbocycles. The van der Waals surface area contributed by atoms with E-state index in [1.807, 2.05) is 24.3 Å². The molecule has 1 unspecified atom stereocenters. The van der Waals surface area contributed by atoms with E-state index in [1.54, 1.807) is 30.3 Å². The van der Waals surface area contributed by atoms with Crippen LogP contribution in [-0.4, -0.2) is 28.0 Å². The molecular formula is C30H28ClNO4. The lowest BCUT2D eigenvalue weighted by Crippen LogP contribution is -2.30. The summed E-state index contributed by atoms with van der Waals surface area (Å²) in [5.41, 5.74) is 2.55. The second-order valence-corrected chi connectivity index (χ2v) is 9.60. The van der Waals surface area contributed by atoms with Crippen LogP contribution in [0.3, 0.4) is 0 Å². The highest BCUT2D eigenvalue weighted by Crippen LogP contribution is 2.30. The van der Waals surface area contributed by atoms with Crippen LogP contribution in [0.4, 0.5) is 5.69 Å². The van der Waals surface area contributed by atoms with Crippen LogP contribution in [0.5, 0.6) is 5.75 Å². The maximum atomic E-state index is 13.5. The Morgan fingerprint density at radius 1 is 0.944 bits per heavy atom. The summed E-state index contributed by atoms with van der Waals surface area (Å²) in [6.45, 7) is 0. The van der Waals surface area contributed by atoms with E-state index in [2.05, 4.69) is 17.2 Å². The van der Waals surface area contributed by atoms with E-state index in [1.165, 1.54) is 37.8 Å². The molecule has 3 aromatic rings. The average molecular weight is 502 g/mol. The van der Waals surface area contributed by atoms with E-state index < -0.39 is 12.0 Å². The molecule has 1 aliphatic carbocycles. The molecular weight excluding hydrogens is 474 g/mol. The van der Waals surface area contributed by atoms with Crippen molar-refractivity contribution in [3.8, 4) is 17.6 Å². The van der Waals surface area contributed by atoms with E-state index in [0.29, 0.717) is 28.6 Å². The minimum Gasteiger partial charge on any atom is -0.507 e. The number of phenols is 1. The zero-order chi connectivity index (χ0) is 25.5. The van der Waals surface area contributed by atoms with Crippen LogP contribution in [0.25, 0.3) is 0 Å². The molecule has 1 atom stereocenters. The summed E-state index contributed by atoms with van der Waals surface area (Å²) < 4.78 is 0. The highest BCUT2D eigenvalue weighted by atomic mass is 35.5. The minimum atomic E-state index is -1.20. The maximum Gasteiger partial charge on any atom is 0.339 e. The standard InChI is InChI=1S/C30H28ClNO4/c31-24-14-9-22(10-15-24)6-5-21-7-12-23(13-8-21)29(34)27(18-11-20-3-1-2-4-20)32-25-16-17-26(30(35)36)28(33)19-25/h7-10,12-17,19-20,27,32-33H,1-4,11,18H2,(H,35,36). The Morgan fingerprint density at radius 3 is 2.14 bits per heavy atom. The van der Waals surface area contributed by atoms with Crippen LogP contribution in [0.1, 0.15) is 70.4 Å². The number of halogens is 1. The van der Waals surface area contributed by atoms with Crippen LogP contribution >= 0.6 is 11.6 Å². The average Bonchev–Trinajstić information content (AvgIpc) is 3.40. The molecule has 6 heteroatoms. The van der Waals surface area contributed by atoms with Gasteiger partial charge in [-0.05, 0) is 67.3 Å². The molecule has 1 fully saturated rings. The monoisotopic (exact) mass is 501 g/mol. The van der Waals surface area contributed by atoms with Crippen LogP contribution in [0, 0.1) is 17.8 Å². The van der Waals surface area contributed by atoms with E-state index in [0.717, 1.165) is 17.5 Å². The van der Waals surface area contributed by atoms with Gasteiger partial charge in [0.15, 0.2) is 5.78 Å². The van der Waals surface area contributed by atoms with Gasteiger partial charge in [-0.1, -0.05) is 61.3 Å². The largest absolute Gasteiger partial charge is 0.507 e. The van der Waals surface area contributed by atoms with Gasteiger partial charge < -0.3 is 15.5 Å². The normalized spacial score (nSPS) is 14.0. The number of anilines is 1. The second kappa shape index (κ2) is 11.8. The van der Waals surface area contributed by atoms with Gasteiger partial charge in [0, 0.05) is 33.5 Å². The van der Waals surface area contributed by atoms with Gasteiger partial charge in [0.05, 0.1) is 6.04 Å². The van der Waals surface area contributed by atoms with Gasteiger partial charge in [-0.3, -0.25) is 4.79 Å². The number of benzene rings is 3.